The number of sulfonamides is 1. The summed E-state index contributed by atoms with van der Waals surface area (Å²) in [7, 11) is -2.12. The molecule has 1 saturated carbocycles. The third kappa shape index (κ3) is 4.07. The molecule has 0 bridgehead atoms. The zero-order valence-electron chi connectivity index (χ0n) is 14.0. The fourth-order valence-electron chi connectivity index (χ4n) is 2.41. The summed E-state index contributed by atoms with van der Waals surface area (Å²) in [6.45, 7) is -2.83. The standard InChI is InChI=1S/C16H18F2N4O3S/c1-21(10-14-19-8-9-22(14)16(17)18)15(23)11-2-6-13(7-3-11)26(24,25)20-12-4-5-12/h2-3,6-9,12,16,20H,4-5,10H2,1H3. The maximum Gasteiger partial charge on any atom is 0.319 e. The van der Waals surface area contributed by atoms with Crippen LogP contribution >= 0.6 is 0 Å². The van der Waals surface area contributed by atoms with E-state index < -0.39 is 22.5 Å². The fraction of sp³-hybridized carbons (Fsp3) is 0.375. The second-order valence-corrected chi connectivity index (χ2v) is 7.82. The average Bonchev–Trinajstić information content (AvgIpc) is 3.27. The van der Waals surface area contributed by atoms with Gasteiger partial charge in [0, 0.05) is 31.0 Å². The molecule has 0 atom stereocenters. The number of benzene rings is 1. The molecule has 26 heavy (non-hydrogen) atoms. The highest BCUT2D eigenvalue weighted by atomic mass is 32.2. The van der Waals surface area contributed by atoms with E-state index >= 15 is 0 Å². The first kappa shape index (κ1) is 18.5. The van der Waals surface area contributed by atoms with Crippen LogP contribution in [0.25, 0.3) is 0 Å². The van der Waals surface area contributed by atoms with E-state index in [1.54, 1.807) is 0 Å². The van der Waals surface area contributed by atoms with Crippen molar-refractivity contribution in [1.82, 2.24) is 19.2 Å². The summed E-state index contributed by atoms with van der Waals surface area (Å²) in [6, 6.07) is 5.50. The van der Waals surface area contributed by atoms with E-state index in [4.69, 9.17) is 0 Å². The van der Waals surface area contributed by atoms with Gasteiger partial charge in [-0.15, -0.1) is 0 Å². The van der Waals surface area contributed by atoms with Gasteiger partial charge in [-0.3, -0.25) is 9.36 Å². The Bertz CT molecular complexity index is 892. The molecule has 0 saturated heterocycles. The molecule has 1 fully saturated rings. The van der Waals surface area contributed by atoms with Gasteiger partial charge in [-0.1, -0.05) is 0 Å². The fourth-order valence-corrected chi connectivity index (χ4v) is 3.72. The third-order valence-corrected chi connectivity index (χ3v) is 5.53. The molecule has 1 aromatic carbocycles. The lowest BCUT2D eigenvalue weighted by atomic mass is 10.2. The van der Waals surface area contributed by atoms with Gasteiger partial charge in [0.25, 0.3) is 5.91 Å². The van der Waals surface area contributed by atoms with Crippen LogP contribution in [0.3, 0.4) is 0 Å². The van der Waals surface area contributed by atoms with Gasteiger partial charge in [-0.25, -0.2) is 18.1 Å². The molecule has 1 amide bonds. The first-order valence-electron chi connectivity index (χ1n) is 7.95. The Morgan fingerprint density at radius 3 is 2.58 bits per heavy atom. The van der Waals surface area contributed by atoms with E-state index in [0.29, 0.717) is 4.57 Å². The molecular formula is C16H18F2N4O3S. The Kier molecular flexibility index (Phi) is 5.05. The zero-order valence-corrected chi connectivity index (χ0v) is 14.8. The molecule has 0 unspecified atom stereocenters. The predicted octanol–water partition coefficient (Wildman–Crippen LogP) is 1.99. The van der Waals surface area contributed by atoms with Crippen LogP contribution in [0, 0.1) is 0 Å². The van der Waals surface area contributed by atoms with Crippen LogP contribution in [0.5, 0.6) is 0 Å². The van der Waals surface area contributed by atoms with E-state index in [1.165, 1.54) is 42.4 Å². The van der Waals surface area contributed by atoms with Crippen LogP contribution in [-0.2, 0) is 16.6 Å². The summed E-state index contributed by atoms with van der Waals surface area (Å²) in [4.78, 5) is 17.6. The summed E-state index contributed by atoms with van der Waals surface area (Å²) < 4.78 is 53.2. The quantitative estimate of drug-likeness (QED) is 0.791. The van der Waals surface area contributed by atoms with Crippen molar-refractivity contribution in [3.8, 4) is 0 Å². The number of rotatable bonds is 7. The normalized spacial score (nSPS) is 14.6. The Hall–Kier alpha value is -2.33. The Labute approximate surface area is 149 Å². The number of carbonyl (C=O) groups is 1. The molecule has 1 aliphatic rings. The molecule has 140 valence electrons. The largest absolute Gasteiger partial charge is 0.334 e. The van der Waals surface area contributed by atoms with Gasteiger partial charge in [0.05, 0.1) is 11.4 Å². The number of nitrogens with one attached hydrogen (secondary N) is 1. The minimum atomic E-state index is -3.59. The van der Waals surface area contributed by atoms with E-state index in [1.807, 2.05) is 0 Å². The highest BCUT2D eigenvalue weighted by Crippen LogP contribution is 2.22. The number of nitrogens with zero attached hydrogens (tertiary/aromatic N) is 3. The number of hydrogen-bond acceptors (Lipinski definition) is 4. The highest BCUT2D eigenvalue weighted by Gasteiger charge is 2.28. The topological polar surface area (TPSA) is 84.3 Å². The Morgan fingerprint density at radius 2 is 2.00 bits per heavy atom. The molecule has 0 radical (unpaired) electrons. The second kappa shape index (κ2) is 7.12. The maximum absolute atomic E-state index is 12.8. The maximum atomic E-state index is 12.8. The number of amides is 1. The first-order valence-corrected chi connectivity index (χ1v) is 9.44. The summed E-state index contributed by atoms with van der Waals surface area (Å²) in [5.41, 5.74) is 0.257. The van der Waals surface area contributed by atoms with Crippen LogP contribution in [0.2, 0.25) is 0 Å². The van der Waals surface area contributed by atoms with Gasteiger partial charge in [0.1, 0.15) is 5.82 Å². The number of imidazole rings is 1. The molecular weight excluding hydrogens is 366 g/mol. The lowest BCUT2D eigenvalue weighted by molar-refractivity contribution is 0.0612. The minimum absolute atomic E-state index is 0.00832. The second-order valence-electron chi connectivity index (χ2n) is 6.11. The van der Waals surface area contributed by atoms with E-state index in [0.717, 1.165) is 19.0 Å². The molecule has 1 aromatic heterocycles. The molecule has 1 aliphatic carbocycles. The van der Waals surface area contributed by atoms with Crippen molar-refractivity contribution in [1.29, 1.82) is 0 Å². The Morgan fingerprint density at radius 1 is 1.35 bits per heavy atom. The SMILES string of the molecule is CN(Cc1nccn1C(F)F)C(=O)c1ccc(S(=O)(=O)NC2CC2)cc1. The van der Waals surface area contributed by atoms with E-state index in [9.17, 15) is 22.0 Å². The van der Waals surface area contributed by atoms with Crippen molar-refractivity contribution in [3.05, 3.63) is 48.0 Å². The van der Waals surface area contributed by atoms with Gasteiger partial charge in [-0.2, -0.15) is 8.78 Å². The van der Waals surface area contributed by atoms with Crippen molar-refractivity contribution in [3.63, 3.8) is 0 Å². The monoisotopic (exact) mass is 384 g/mol. The zero-order chi connectivity index (χ0) is 18.9. The van der Waals surface area contributed by atoms with Gasteiger partial charge >= 0.3 is 6.55 Å². The van der Waals surface area contributed by atoms with Crippen LogP contribution in [0.4, 0.5) is 8.78 Å². The summed E-state index contributed by atoms with van der Waals surface area (Å²) >= 11 is 0. The van der Waals surface area contributed by atoms with E-state index in [-0.39, 0.29) is 28.9 Å². The van der Waals surface area contributed by atoms with Crippen molar-refractivity contribution in [2.45, 2.75) is 36.9 Å². The molecule has 7 nitrogen and oxygen atoms in total. The van der Waals surface area contributed by atoms with Crippen molar-refractivity contribution < 1.29 is 22.0 Å². The molecule has 1 N–H and O–H groups in total. The lowest BCUT2D eigenvalue weighted by Crippen LogP contribution is -2.28. The van der Waals surface area contributed by atoms with Crippen LogP contribution in [-0.4, -0.2) is 41.9 Å². The number of halogens is 2. The number of hydrogen-bond donors (Lipinski definition) is 1. The molecule has 10 heteroatoms. The van der Waals surface area contributed by atoms with Crippen molar-refractivity contribution in [2.75, 3.05) is 7.05 Å². The van der Waals surface area contributed by atoms with Crippen molar-refractivity contribution >= 4 is 15.9 Å². The highest BCUT2D eigenvalue weighted by molar-refractivity contribution is 7.89. The van der Waals surface area contributed by atoms with E-state index in [2.05, 4.69) is 9.71 Å². The summed E-state index contributed by atoms with van der Waals surface area (Å²) in [5.74, 6) is -0.364. The molecule has 3 rings (SSSR count). The molecule has 1 heterocycles. The van der Waals surface area contributed by atoms with Gasteiger partial charge in [-0.05, 0) is 37.1 Å². The first-order chi connectivity index (χ1) is 12.3. The number of aromatic nitrogens is 2. The van der Waals surface area contributed by atoms with Crippen LogP contribution in [0.15, 0.2) is 41.6 Å². The van der Waals surface area contributed by atoms with Crippen molar-refractivity contribution in [2.24, 2.45) is 0 Å². The van der Waals surface area contributed by atoms with Gasteiger partial charge in [0.15, 0.2) is 0 Å². The van der Waals surface area contributed by atoms with Gasteiger partial charge < -0.3 is 4.90 Å². The minimum Gasteiger partial charge on any atom is -0.334 e. The molecule has 0 spiro atoms. The smallest absolute Gasteiger partial charge is 0.319 e. The lowest BCUT2D eigenvalue weighted by Gasteiger charge is -2.18. The number of carbonyl (C=O) groups excluding carboxylic acids is 1. The molecule has 0 aliphatic heterocycles. The summed E-state index contributed by atoms with van der Waals surface area (Å²) in [6.07, 6.45) is 4.04. The summed E-state index contributed by atoms with van der Waals surface area (Å²) in [5, 5.41) is 0. The Balaban J connectivity index is 1.70. The van der Waals surface area contributed by atoms with Gasteiger partial charge in [0.2, 0.25) is 10.0 Å². The average molecular weight is 384 g/mol. The predicted molar refractivity (Wildman–Crippen MR) is 89.1 cm³/mol. The third-order valence-electron chi connectivity index (χ3n) is 4.00. The van der Waals surface area contributed by atoms with Crippen LogP contribution in [0.1, 0.15) is 35.6 Å². The number of alkyl halides is 2. The molecule has 2 aromatic rings. The van der Waals surface area contributed by atoms with Crippen LogP contribution < -0.4 is 4.72 Å².